The molecule has 1 aliphatic heterocycles. The van der Waals surface area contributed by atoms with Gasteiger partial charge in [0.1, 0.15) is 34.7 Å². The van der Waals surface area contributed by atoms with Gasteiger partial charge in [0.25, 0.3) is 0 Å². The largest absolute Gasteiger partial charge is 0.486 e. The van der Waals surface area contributed by atoms with Crippen molar-refractivity contribution in [2.24, 2.45) is 0 Å². The van der Waals surface area contributed by atoms with E-state index in [1.165, 1.54) is 7.11 Å². The fraction of sp³-hybridized carbons (Fsp3) is 0.259. The van der Waals surface area contributed by atoms with Crippen LogP contribution < -0.4 is 19.5 Å². The van der Waals surface area contributed by atoms with Crippen LogP contribution in [0.2, 0.25) is 0 Å². The minimum atomic E-state index is -3.44. The number of hydrogen-bond acceptors (Lipinski definition) is 8. The second-order valence-corrected chi connectivity index (χ2v) is 11.0. The Balaban J connectivity index is 1.60. The van der Waals surface area contributed by atoms with Crippen LogP contribution in [0, 0.1) is 18.6 Å². The molecule has 9 nitrogen and oxygen atoms in total. The van der Waals surface area contributed by atoms with Gasteiger partial charge in [0, 0.05) is 36.7 Å². The number of nitrogens with one attached hydrogen (secondary N) is 2. The number of anilines is 2. The molecule has 5 rings (SSSR count). The Kier molecular flexibility index (Phi) is 7.23. The van der Waals surface area contributed by atoms with E-state index in [1.54, 1.807) is 19.3 Å². The third kappa shape index (κ3) is 5.43. The van der Waals surface area contributed by atoms with Crippen LogP contribution in [0.4, 0.5) is 20.4 Å². The van der Waals surface area contributed by atoms with Gasteiger partial charge in [0.2, 0.25) is 11.8 Å². The number of pyridine rings is 1. The van der Waals surface area contributed by atoms with Crippen molar-refractivity contribution in [1.29, 1.82) is 0 Å². The Morgan fingerprint density at radius 3 is 2.67 bits per heavy atom. The van der Waals surface area contributed by atoms with Crippen molar-refractivity contribution in [2.45, 2.75) is 24.3 Å². The molecule has 1 unspecified atom stereocenters. The van der Waals surface area contributed by atoms with Crippen molar-refractivity contribution in [3.63, 3.8) is 0 Å². The van der Waals surface area contributed by atoms with Crippen molar-refractivity contribution >= 4 is 38.1 Å². The lowest BCUT2D eigenvalue weighted by atomic mass is 10.0. The highest BCUT2D eigenvalue weighted by Gasteiger charge is 2.22. The molecule has 1 fully saturated rings. The summed E-state index contributed by atoms with van der Waals surface area (Å²) in [4.78, 5) is 13.2. The molecule has 3 heterocycles. The zero-order chi connectivity index (χ0) is 27.7. The summed E-state index contributed by atoms with van der Waals surface area (Å²) in [5.41, 5.74) is 2.95. The first kappa shape index (κ1) is 26.6. The smallest absolute Gasteiger partial charge is 0.238 e. The van der Waals surface area contributed by atoms with Gasteiger partial charge in [-0.3, -0.25) is 0 Å². The zero-order valence-corrected chi connectivity index (χ0v) is 22.4. The van der Waals surface area contributed by atoms with Crippen LogP contribution in [0.1, 0.15) is 12.1 Å². The summed E-state index contributed by atoms with van der Waals surface area (Å²) in [6, 6.07) is 8.20. The van der Waals surface area contributed by atoms with E-state index >= 15 is 0 Å². The topological polar surface area (TPSA) is 107 Å². The third-order valence-electron chi connectivity index (χ3n) is 6.26. The Labute approximate surface area is 224 Å². The minimum Gasteiger partial charge on any atom is -0.486 e. The monoisotopic (exact) mass is 555 g/mol. The Morgan fingerprint density at radius 2 is 1.97 bits per heavy atom. The predicted octanol–water partition coefficient (Wildman–Crippen LogP) is 4.60. The van der Waals surface area contributed by atoms with Crippen molar-refractivity contribution < 1.29 is 27.2 Å². The van der Waals surface area contributed by atoms with Gasteiger partial charge >= 0.3 is 0 Å². The maximum atomic E-state index is 14.4. The number of rotatable bonds is 8. The molecule has 12 heteroatoms. The molecule has 0 amide bonds. The molecule has 2 N–H and O–H groups in total. The van der Waals surface area contributed by atoms with E-state index in [0.29, 0.717) is 42.1 Å². The van der Waals surface area contributed by atoms with Gasteiger partial charge in [-0.05, 0) is 48.7 Å². The first-order valence-electron chi connectivity index (χ1n) is 12.1. The molecule has 2 atom stereocenters. The number of fused-ring (bicyclic) bond motifs is 1. The van der Waals surface area contributed by atoms with Crippen LogP contribution in [-0.2, 0) is 14.4 Å². The minimum absolute atomic E-state index is 0.121. The van der Waals surface area contributed by atoms with Crippen molar-refractivity contribution in [2.75, 3.05) is 37.4 Å². The summed E-state index contributed by atoms with van der Waals surface area (Å²) in [5, 5.41) is 3.75. The first-order valence-corrected chi connectivity index (χ1v) is 13.8. The molecule has 39 heavy (non-hydrogen) atoms. The van der Waals surface area contributed by atoms with Crippen LogP contribution in [0.25, 0.3) is 22.0 Å². The number of ether oxygens (including phenoxy) is 3. The lowest BCUT2D eigenvalue weighted by molar-refractivity contribution is 0.142. The lowest BCUT2D eigenvalue weighted by Gasteiger charge is -2.18. The van der Waals surface area contributed by atoms with Crippen molar-refractivity contribution in [3.05, 3.63) is 59.9 Å². The Bertz CT molecular complexity index is 1660. The average molecular weight is 556 g/mol. The van der Waals surface area contributed by atoms with E-state index in [2.05, 4.69) is 30.9 Å². The Hall–Kier alpha value is -4.03. The zero-order valence-electron chi connectivity index (χ0n) is 21.6. The van der Waals surface area contributed by atoms with Gasteiger partial charge in [0.05, 0.1) is 40.6 Å². The van der Waals surface area contributed by atoms with Crippen LogP contribution >= 0.6 is 0 Å². The molecule has 1 saturated heterocycles. The van der Waals surface area contributed by atoms with Crippen LogP contribution in [0.5, 0.6) is 11.6 Å². The van der Waals surface area contributed by atoms with Gasteiger partial charge in [0.15, 0.2) is 0 Å². The fourth-order valence-corrected chi connectivity index (χ4v) is 5.60. The highest BCUT2D eigenvalue weighted by atomic mass is 32.2. The number of nitrogens with zero attached hydrogens (tertiary/aromatic N) is 3. The molecule has 0 radical (unpaired) electrons. The van der Waals surface area contributed by atoms with E-state index in [1.807, 2.05) is 19.1 Å². The molecule has 2 aromatic heterocycles. The maximum absolute atomic E-state index is 14.4. The normalized spacial score (nSPS) is 16.6. The number of halogens is 2. The fourth-order valence-electron chi connectivity index (χ4n) is 4.32. The molecule has 1 aliphatic rings. The summed E-state index contributed by atoms with van der Waals surface area (Å²) in [5.74, 6) is 3.04. The molecule has 204 valence electrons. The van der Waals surface area contributed by atoms with Gasteiger partial charge in [-0.2, -0.15) is 0 Å². The van der Waals surface area contributed by atoms with Crippen molar-refractivity contribution in [3.8, 4) is 22.8 Å². The van der Waals surface area contributed by atoms with Crippen LogP contribution in [-0.4, -0.2) is 58.5 Å². The molecular formula is C27H27F2N5O4S. The summed E-state index contributed by atoms with van der Waals surface area (Å²) in [6.07, 6.45) is 2.23. The summed E-state index contributed by atoms with van der Waals surface area (Å²) >= 11 is 0. The van der Waals surface area contributed by atoms with E-state index in [9.17, 15) is 13.0 Å². The van der Waals surface area contributed by atoms with Gasteiger partial charge < -0.3 is 24.2 Å². The summed E-state index contributed by atoms with van der Waals surface area (Å²) in [7, 11) is -0.291. The molecule has 2 aromatic carbocycles. The van der Waals surface area contributed by atoms with Gasteiger partial charge in [-0.25, -0.2) is 27.9 Å². The maximum Gasteiger partial charge on any atom is 0.238 e. The van der Waals surface area contributed by atoms with E-state index in [4.69, 9.17) is 14.2 Å². The number of benzene rings is 2. The molecule has 0 spiro atoms. The van der Waals surface area contributed by atoms with Crippen LogP contribution in [0.15, 0.2) is 47.5 Å². The molecule has 0 saturated carbocycles. The first-order chi connectivity index (χ1) is 18.7. The van der Waals surface area contributed by atoms with E-state index in [0.717, 1.165) is 35.2 Å². The molecule has 4 aromatic rings. The molecular weight excluding hydrogens is 528 g/mol. The second kappa shape index (κ2) is 10.6. The standard InChI is InChI=1S/C27H27F2N5O4S/c1-15-20-9-16(11-23(38-19-7-8-37-14-19)25(20)33-27(30-2)32-15)17-10-22(26(36-3)31-13-17)34-39(4,35)24-6-5-18(28)12-21(24)29/h5-6,9-13,19H,4,7-8,14H2,1-3H3,(H,34,35)(H,30,32,33)/t19-,39?/m1/s1. The van der Waals surface area contributed by atoms with E-state index < -0.39 is 21.3 Å². The third-order valence-corrected chi connectivity index (χ3v) is 7.85. The Morgan fingerprint density at radius 1 is 1.15 bits per heavy atom. The number of aromatic nitrogens is 3. The number of aryl methyl sites for hydroxylation is 1. The molecule has 0 bridgehead atoms. The number of methoxy groups -OCH3 is 1. The highest BCUT2D eigenvalue weighted by molar-refractivity contribution is 8.01. The van der Waals surface area contributed by atoms with Crippen LogP contribution in [0.3, 0.4) is 0 Å². The average Bonchev–Trinajstić information content (AvgIpc) is 3.41. The van der Waals surface area contributed by atoms with E-state index in [-0.39, 0.29) is 22.6 Å². The highest BCUT2D eigenvalue weighted by Crippen LogP contribution is 2.37. The SMILES string of the molecule is C=S(=O)(Nc1cc(-c2cc(O[C@@H]3CCOC3)c3nc(NC)nc(C)c3c2)cnc1OC)c1ccc(F)cc1F. The van der Waals surface area contributed by atoms with Crippen molar-refractivity contribution in [1.82, 2.24) is 15.0 Å². The number of hydrogen-bond donors (Lipinski definition) is 2. The lowest BCUT2D eigenvalue weighted by Crippen LogP contribution is -2.16. The quantitative estimate of drug-likeness (QED) is 0.304. The summed E-state index contributed by atoms with van der Waals surface area (Å²) in [6.45, 7) is 2.98. The predicted molar refractivity (Wildman–Crippen MR) is 147 cm³/mol. The molecule has 0 aliphatic carbocycles. The van der Waals surface area contributed by atoms with Gasteiger partial charge in [-0.1, -0.05) is 0 Å². The second-order valence-electron chi connectivity index (χ2n) is 8.99. The summed E-state index contributed by atoms with van der Waals surface area (Å²) < 4.78 is 61.2. The van der Waals surface area contributed by atoms with Gasteiger partial charge in [-0.15, -0.1) is 0 Å².